The van der Waals surface area contributed by atoms with Crippen LogP contribution in [-0.4, -0.2) is 28.6 Å². The van der Waals surface area contributed by atoms with Crippen LogP contribution in [-0.2, 0) is 11.3 Å². The van der Waals surface area contributed by atoms with Crippen LogP contribution in [0.5, 0.6) is 0 Å². The Balaban J connectivity index is 1.95. The first kappa shape index (κ1) is 26.7. The summed E-state index contributed by atoms with van der Waals surface area (Å²) in [6, 6.07) is 21.0. The van der Waals surface area contributed by atoms with Crippen molar-refractivity contribution in [2.24, 2.45) is 5.92 Å². The zero-order chi connectivity index (χ0) is 26.1. The van der Waals surface area contributed by atoms with Crippen LogP contribution in [0.1, 0.15) is 56.4 Å². The molecule has 0 aliphatic heterocycles. The van der Waals surface area contributed by atoms with Gasteiger partial charge in [-0.3, -0.25) is 4.79 Å². The fraction of sp³-hybridized carbons (Fsp3) is 0.345. The van der Waals surface area contributed by atoms with E-state index in [1.165, 1.54) is 0 Å². The van der Waals surface area contributed by atoms with Crippen molar-refractivity contribution in [2.75, 3.05) is 22.1 Å². The van der Waals surface area contributed by atoms with E-state index in [0.717, 1.165) is 17.7 Å². The number of aromatic nitrogens is 1. The monoisotopic (exact) mass is 488 g/mol. The SMILES string of the molecule is CCC(CC(=O)O)c1cc(NC(=O)Nc2ccc(C)cc2)cc(N(Cc2ccccc2)CC(C)C)n1. The maximum atomic E-state index is 12.8. The molecule has 0 aliphatic carbocycles. The Kier molecular flexibility index (Phi) is 9.45. The highest BCUT2D eigenvalue weighted by Crippen LogP contribution is 2.29. The van der Waals surface area contributed by atoms with Crippen LogP contribution < -0.4 is 15.5 Å². The number of urea groups is 1. The van der Waals surface area contributed by atoms with Crippen molar-refractivity contribution in [3.05, 3.63) is 83.6 Å². The van der Waals surface area contributed by atoms with Crippen LogP contribution in [0.2, 0.25) is 0 Å². The second kappa shape index (κ2) is 12.7. The number of hydrogen-bond donors (Lipinski definition) is 3. The van der Waals surface area contributed by atoms with Crippen LogP contribution in [0.4, 0.5) is 22.0 Å². The number of aryl methyl sites for hydroxylation is 1. The molecule has 3 rings (SSSR count). The molecule has 3 N–H and O–H groups in total. The number of carbonyl (C=O) groups excluding carboxylic acids is 1. The van der Waals surface area contributed by atoms with Gasteiger partial charge >= 0.3 is 12.0 Å². The lowest BCUT2D eigenvalue weighted by Gasteiger charge is -2.28. The Morgan fingerprint density at radius 1 is 0.972 bits per heavy atom. The molecule has 7 heteroatoms. The summed E-state index contributed by atoms with van der Waals surface area (Å²) in [5.74, 6) is -0.0503. The first-order valence-electron chi connectivity index (χ1n) is 12.4. The van der Waals surface area contributed by atoms with Crippen LogP contribution in [0, 0.1) is 12.8 Å². The molecule has 36 heavy (non-hydrogen) atoms. The van der Waals surface area contributed by atoms with Gasteiger partial charge in [-0.25, -0.2) is 9.78 Å². The number of nitrogens with one attached hydrogen (secondary N) is 2. The third kappa shape index (κ3) is 8.12. The van der Waals surface area contributed by atoms with Gasteiger partial charge in [0.15, 0.2) is 0 Å². The summed E-state index contributed by atoms with van der Waals surface area (Å²) in [5.41, 5.74) is 4.18. The lowest BCUT2D eigenvalue weighted by Crippen LogP contribution is -2.29. The van der Waals surface area contributed by atoms with Crippen LogP contribution in [0.15, 0.2) is 66.7 Å². The molecule has 0 aliphatic rings. The molecule has 2 amide bonds. The Morgan fingerprint density at radius 2 is 1.64 bits per heavy atom. The molecule has 0 radical (unpaired) electrons. The fourth-order valence-corrected chi connectivity index (χ4v) is 4.06. The summed E-state index contributed by atoms with van der Waals surface area (Å²) in [7, 11) is 0. The van der Waals surface area contributed by atoms with E-state index in [1.807, 2.05) is 62.4 Å². The van der Waals surface area contributed by atoms with E-state index in [1.54, 1.807) is 6.07 Å². The number of hydrogen-bond acceptors (Lipinski definition) is 4. The Labute approximate surface area is 213 Å². The zero-order valence-electron chi connectivity index (χ0n) is 21.5. The summed E-state index contributed by atoms with van der Waals surface area (Å²) in [4.78, 5) is 31.4. The number of aliphatic carboxylic acids is 1. The van der Waals surface area contributed by atoms with Gasteiger partial charge in [-0.15, -0.1) is 0 Å². The summed E-state index contributed by atoms with van der Waals surface area (Å²) >= 11 is 0. The largest absolute Gasteiger partial charge is 0.481 e. The van der Waals surface area contributed by atoms with Crippen molar-refractivity contribution < 1.29 is 14.7 Å². The van der Waals surface area contributed by atoms with E-state index in [4.69, 9.17) is 4.98 Å². The van der Waals surface area contributed by atoms with Gasteiger partial charge in [-0.05, 0) is 43.0 Å². The summed E-state index contributed by atoms with van der Waals surface area (Å²) in [6.07, 6.45) is 0.603. The Morgan fingerprint density at radius 3 is 2.25 bits per heavy atom. The highest BCUT2D eigenvalue weighted by molar-refractivity contribution is 6.00. The topological polar surface area (TPSA) is 94.6 Å². The maximum Gasteiger partial charge on any atom is 0.323 e. The number of amides is 2. The molecule has 0 saturated carbocycles. The molecule has 1 heterocycles. The first-order chi connectivity index (χ1) is 17.2. The lowest BCUT2D eigenvalue weighted by molar-refractivity contribution is -0.137. The van der Waals surface area contributed by atoms with E-state index in [-0.39, 0.29) is 18.4 Å². The lowest BCUT2D eigenvalue weighted by atomic mass is 9.97. The molecule has 0 saturated heterocycles. The van der Waals surface area contributed by atoms with Crippen molar-refractivity contribution in [1.29, 1.82) is 0 Å². The molecule has 1 aromatic heterocycles. The van der Waals surface area contributed by atoms with Crippen LogP contribution in [0.25, 0.3) is 0 Å². The molecule has 1 unspecified atom stereocenters. The summed E-state index contributed by atoms with van der Waals surface area (Å²) in [5, 5.41) is 15.2. The summed E-state index contributed by atoms with van der Waals surface area (Å²) < 4.78 is 0. The molecular formula is C29H36N4O3. The van der Waals surface area contributed by atoms with Gasteiger partial charge in [0.1, 0.15) is 5.82 Å². The molecule has 3 aromatic rings. The quantitative estimate of drug-likeness (QED) is 0.280. The first-order valence-corrected chi connectivity index (χ1v) is 12.4. The second-order valence-corrected chi connectivity index (χ2v) is 9.55. The van der Waals surface area contributed by atoms with Crippen molar-refractivity contribution in [1.82, 2.24) is 4.98 Å². The van der Waals surface area contributed by atoms with Gasteiger partial charge in [-0.2, -0.15) is 0 Å². The van der Waals surface area contributed by atoms with E-state index in [9.17, 15) is 14.7 Å². The van der Waals surface area contributed by atoms with Crippen molar-refractivity contribution >= 4 is 29.2 Å². The van der Waals surface area contributed by atoms with E-state index < -0.39 is 5.97 Å². The minimum Gasteiger partial charge on any atom is -0.481 e. The number of rotatable bonds is 11. The maximum absolute atomic E-state index is 12.8. The van der Waals surface area contributed by atoms with Gasteiger partial charge in [0.05, 0.1) is 6.42 Å². The normalized spacial score (nSPS) is 11.7. The van der Waals surface area contributed by atoms with Crippen molar-refractivity contribution in [3.63, 3.8) is 0 Å². The number of carboxylic acids is 1. The minimum atomic E-state index is -0.871. The van der Waals surface area contributed by atoms with E-state index in [2.05, 4.69) is 41.5 Å². The van der Waals surface area contributed by atoms with Crippen molar-refractivity contribution in [3.8, 4) is 0 Å². The van der Waals surface area contributed by atoms with Crippen LogP contribution >= 0.6 is 0 Å². The minimum absolute atomic E-state index is 0.0230. The van der Waals surface area contributed by atoms with Crippen LogP contribution in [0.3, 0.4) is 0 Å². The number of nitrogens with zero attached hydrogens (tertiary/aromatic N) is 2. The van der Waals surface area contributed by atoms with Gasteiger partial charge in [0, 0.05) is 42.1 Å². The van der Waals surface area contributed by atoms with Gasteiger partial charge < -0.3 is 20.6 Å². The molecule has 7 nitrogen and oxygen atoms in total. The highest BCUT2D eigenvalue weighted by atomic mass is 16.4. The molecular weight excluding hydrogens is 452 g/mol. The van der Waals surface area contributed by atoms with E-state index in [0.29, 0.717) is 41.8 Å². The third-order valence-corrected chi connectivity index (χ3v) is 5.86. The average molecular weight is 489 g/mol. The second-order valence-electron chi connectivity index (χ2n) is 9.55. The predicted molar refractivity (Wildman–Crippen MR) is 146 cm³/mol. The number of anilines is 3. The molecule has 1 atom stereocenters. The van der Waals surface area contributed by atoms with E-state index >= 15 is 0 Å². The molecule has 2 aromatic carbocycles. The molecule has 0 spiro atoms. The predicted octanol–water partition coefficient (Wildman–Crippen LogP) is 6.66. The number of pyridine rings is 1. The van der Waals surface area contributed by atoms with Gasteiger partial charge in [0.25, 0.3) is 0 Å². The molecule has 0 fully saturated rings. The Hall–Kier alpha value is -3.87. The van der Waals surface area contributed by atoms with Gasteiger partial charge in [0.2, 0.25) is 0 Å². The average Bonchev–Trinajstić information content (AvgIpc) is 2.83. The zero-order valence-corrected chi connectivity index (χ0v) is 21.5. The van der Waals surface area contributed by atoms with Gasteiger partial charge in [-0.1, -0.05) is 68.8 Å². The standard InChI is InChI=1S/C29H36N4O3/c1-5-23(15-28(34)35)26-16-25(31-29(36)30-24-13-11-21(4)12-14-24)17-27(32-26)33(18-20(2)3)19-22-9-7-6-8-10-22/h6-14,16-17,20,23H,5,15,18-19H2,1-4H3,(H,34,35)(H2,30,31,32,36). The number of carboxylic acid groups (broad SMARTS) is 1. The molecule has 190 valence electrons. The fourth-order valence-electron chi connectivity index (χ4n) is 4.06. The smallest absolute Gasteiger partial charge is 0.323 e. The Bertz CT molecular complexity index is 1150. The number of carbonyl (C=O) groups is 2. The highest BCUT2D eigenvalue weighted by Gasteiger charge is 2.20. The summed E-state index contributed by atoms with van der Waals surface area (Å²) in [6.45, 7) is 9.65. The molecule has 0 bridgehead atoms. The third-order valence-electron chi connectivity index (χ3n) is 5.86. The number of benzene rings is 2. The van der Waals surface area contributed by atoms with Crippen molar-refractivity contribution in [2.45, 2.75) is 53.0 Å².